The Hall–Kier alpha value is -1.92. The molecule has 1 aliphatic heterocycles. The molecule has 7 heteroatoms. The van der Waals surface area contributed by atoms with Crippen LogP contribution in [0.5, 0.6) is 0 Å². The van der Waals surface area contributed by atoms with Crippen molar-refractivity contribution >= 4 is 39.5 Å². The Balaban J connectivity index is 1.87. The number of hydrogen-bond acceptors (Lipinski definition) is 5. The zero-order chi connectivity index (χ0) is 15.3. The average molecular weight is 321 g/mol. The van der Waals surface area contributed by atoms with Gasteiger partial charge < -0.3 is 14.6 Å². The van der Waals surface area contributed by atoms with Crippen LogP contribution in [0.3, 0.4) is 0 Å². The number of furan rings is 1. The third-order valence-electron chi connectivity index (χ3n) is 4.11. The van der Waals surface area contributed by atoms with E-state index >= 15 is 0 Å². The van der Waals surface area contributed by atoms with Gasteiger partial charge in [-0.05, 0) is 25.2 Å². The van der Waals surface area contributed by atoms with E-state index < -0.39 is 6.17 Å². The van der Waals surface area contributed by atoms with E-state index in [1.54, 1.807) is 13.1 Å². The third-order valence-corrected chi connectivity index (χ3v) is 4.35. The number of benzene rings is 1. The number of rotatable bonds is 2. The molecule has 2 atom stereocenters. The smallest absolute Gasteiger partial charge is 0.196 e. The number of aromatic nitrogens is 2. The summed E-state index contributed by atoms with van der Waals surface area (Å²) >= 11 is 6.05. The fraction of sp³-hybridized carbons (Fsp3) is 0.333. The number of nitrogens with zero attached hydrogens (tertiary/aromatic N) is 3. The fourth-order valence-corrected chi connectivity index (χ4v) is 3.14. The minimum Gasteiger partial charge on any atom is -0.450 e. The molecule has 1 saturated heterocycles. The maximum atomic E-state index is 14.0. The van der Waals surface area contributed by atoms with Gasteiger partial charge in [0.25, 0.3) is 0 Å². The number of fused-ring (bicyclic) bond motifs is 3. The molecular formula is C15H14ClFN4O. The van der Waals surface area contributed by atoms with Gasteiger partial charge in [-0.25, -0.2) is 14.4 Å². The highest BCUT2D eigenvalue weighted by Gasteiger charge is 2.34. The predicted molar refractivity (Wildman–Crippen MR) is 84.3 cm³/mol. The topological polar surface area (TPSA) is 54.2 Å². The summed E-state index contributed by atoms with van der Waals surface area (Å²) in [7, 11) is 1.76. The second-order valence-electron chi connectivity index (χ2n) is 5.43. The Kier molecular flexibility index (Phi) is 3.16. The Morgan fingerprint density at radius 3 is 3.00 bits per heavy atom. The van der Waals surface area contributed by atoms with Crippen molar-refractivity contribution in [3.05, 3.63) is 29.5 Å². The van der Waals surface area contributed by atoms with Crippen LogP contribution in [0.4, 0.5) is 10.2 Å². The molecule has 0 aliphatic carbocycles. The van der Waals surface area contributed by atoms with Gasteiger partial charge in [-0.1, -0.05) is 11.6 Å². The maximum absolute atomic E-state index is 14.0. The molecule has 1 aromatic carbocycles. The summed E-state index contributed by atoms with van der Waals surface area (Å²) in [6, 6.07) is 5.19. The Morgan fingerprint density at radius 2 is 2.23 bits per heavy atom. The summed E-state index contributed by atoms with van der Waals surface area (Å²) in [5.41, 5.74) is 1.97. The van der Waals surface area contributed by atoms with Crippen LogP contribution >= 0.6 is 11.6 Å². The summed E-state index contributed by atoms with van der Waals surface area (Å²) < 4.78 is 19.9. The molecule has 0 saturated carbocycles. The van der Waals surface area contributed by atoms with Crippen LogP contribution in [0, 0.1) is 0 Å². The van der Waals surface area contributed by atoms with Crippen molar-refractivity contribution in [2.75, 3.05) is 25.0 Å². The molecular weight excluding hydrogens is 307 g/mol. The van der Waals surface area contributed by atoms with Gasteiger partial charge in [0.15, 0.2) is 11.4 Å². The van der Waals surface area contributed by atoms with E-state index in [1.807, 2.05) is 17.0 Å². The summed E-state index contributed by atoms with van der Waals surface area (Å²) in [5, 5.41) is 4.45. The molecule has 0 radical (unpaired) electrons. The Morgan fingerprint density at radius 1 is 1.36 bits per heavy atom. The van der Waals surface area contributed by atoms with Gasteiger partial charge in [0.05, 0.1) is 12.6 Å². The van der Waals surface area contributed by atoms with E-state index in [0.717, 1.165) is 5.39 Å². The molecule has 3 heterocycles. The van der Waals surface area contributed by atoms with E-state index in [4.69, 9.17) is 16.0 Å². The van der Waals surface area contributed by atoms with Crippen molar-refractivity contribution in [1.82, 2.24) is 15.3 Å². The summed E-state index contributed by atoms with van der Waals surface area (Å²) in [4.78, 5) is 10.5. The number of alkyl halides is 1. The minimum absolute atomic E-state index is 0.205. The summed E-state index contributed by atoms with van der Waals surface area (Å²) in [6.45, 7) is 0.830. The van der Waals surface area contributed by atoms with Gasteiger partial charge in [-0.15, -0.1) is 0 Å². The lowest BCUT2D eigenvalue weighted by Gasteiger charge is -2.16. The van der Waals surface area contributed by atoms with Crippen LogP contribution in [0.2, 0.25) is 5.02 Å². The maximum Gasteiger partial charge on any atom is 0.196 e. The SMILES string of the molecule is CNC1CN(c2ncnc3c2oc2ccc(Cl)cc23)CC1F. The van der Waals surface area contributed by atoms with Crippen molar-refractivity contribution in [3.8, 4) is 0 Å². The minimum atomic E-state index is -0.936. The van der Waals surface area contributed by atoms with Crippen LogP contribution in [-0.4, -0.2) is 42.3 Å². The van der Waals surface area contributed by atoms with Crippen LogP contribution in [-0.2, 0) is 0 Å². The molecule has 2 aromatic heterocycles. The first-order valence-electron chi connectivity index (χ1n) is 7.06. The molecule has 4 rings (SSSR count). The molecule has 0 spiro atoms. The lowest BCUT2D eigenvalue weighted by molar-refractivity contribution is 0.310. The van der Waals surface area contributed by atoms with Gasteiger partial charge in [0.1, 0.15) is 23.6 Å². The first-order valence-corrected chi connectivity index (χ1v) is 7.44. The van der Waals surface area contributed by atoms with Gasteiger partial charge in [-0.2, -0.15) is 0 Å². The van der Waals surface area contributed by atoms with Gasteiger partial charge >= 0.3 is 0 Å². The first kappa shape index (κ1) is 13.7. The zero-order valence-electron chi connectivity index (χ0n) is 11.9. The van der Waals surface area contributed by atoms with E-state index in [2.05, 4.69) is 15.3 Å². The Labute approximate surface area is 131 Å². The number of halogens is 2. The highest BCUT2D eigenvalue weighted by atomic mass is 35.5. The van der Waals surface area contributed by atoms with E-state index in [-0.39, 0.29) is 12.6 Å². The standard InChI is InChI=1S/C15H14ClFN4O/c1-18-11-6-21(5-10(11)17)15-14-13(19-7-20-15)9-4-8(16)2-3-12(9)22-14/h2-4,7,10-11,18H,5-6H2,1H3. The van der Waals surface area contributed by atoms with Crippen molar-refractivity contribution in [2.45, 2.75) is 12.2 Å². The molecule has 1 fully saturated rings. The molecule has 3 aromatic rings. The molecule has 114 valence electrons. The van der Waals surface area contributed by atoms with Crippen molar-refractivity contribution in [3.63, 3.8) is 0 Å². The molecule has 2 unspecified atom stereocenters. The molecule has 22 heavy (non-hydrogen) atoms. The highest BCUT2D eigenvalue weighted by molar-refractivity contribution is 6.31. The van der Waals surface area contributed by atoms with E-state index in [9.17, 15) is 4.39 Å². The highest BCUT2D eigenvalue weighted by Crippen LogP contribution is 2.34. The third kappa shape index (κ3) is 2.02. The first-order chi connectivity index (χ1) is 10.7. The lowest BCUT2D eigenvalue weighted by Crippen LogP contribution is -2.34. The summed E-state index contributed by atoms with van der Waals surface area (Å²) in [6.07, 6.45) is 0.543. The number of hydrogen-bond donors (Lipinski definition) is 1. The second-order valence-corrected chi connectivity index (χ2v) is 5.87. The number of nitrogens with one attached hydrogen (secondary N) is 1. The van der Waals surface area contributed by atoms with Crippen LogP contribution in [0.1, 0.15) is 0 Å². The van der Waals surface area contributed by atoms with Gasteiger partial charge in [0.2, 0.25) is 0 Å². The molecule has 1 N–H and O–H groups in total. The van der Waals surface area contributed by atoms with Crippen molar-refractivity contribution in [2.24, 2.45) is 0 Å². The molecule has 0 bridgehead atoms. The van der Waals surface area contributed by atoms with Crippen LogP contribution in [0.15, 0.2) is 28.9 Å². The normalized spacial score (nSPS) is 22.0. The second kappa shape index (κ2) is 5.07. The predicted octanol–water partition coefficient (Wildman–Crippen LogP) is 2.78. The van der Waals surface area contributed by atoms with Crippen molar-refractivity contribution < 1.29 is 8.81 Å². The largest absolute Gasteiger partial charge is 0.450 e. The number of anilines is 1. The van der Waals surface area contributed by atoms with Gasteiger partial charge in [-0.3, -0.25) is 0 Å². The quantitative estimate of drug-likeness (QED) is 0.787. The van der Waals surface area contributed by atoms with Crippen LogP contribution in [0.25, 0.3) is 22.1 Å². The number of likely N-dealkylation sites (N-methyl/N-ethyl adjacent to an activating group) is 1. The molecule has 0 amide bonds. The fourth-order valence-electron chi connectivity index (χ4n) is 2.97. The Bertz CT molecular complexity index is 852. The average Bonchev–Trinajstić information content (AvgIpc) is 3.07. The monoisotopic (exact) mass is 320 g/mol. The van der Waals surface area contributed by atoms with E-state index in [1.165, 1.54) is 6.33 Å². The van der Waals surface area contributed by atoms with Gasteiger partial charge in [0, 0.05) is 17.0 Å². The van der Waals surface area contributed by atoms with Crippen LogP contribution < -0.4 is 10.2 Å². The summed E-state index contributed by atoms with van der Waals surface area (Å²) in [5.74, 6) is 0.623. The van der Waals surface area contributed by atoms with Crippen molar-refractivity contribution in [1.29, 1.82) is 0 Å². The molecule has 5 nitrogen and oxygen atoms in total. The molecule has 1 aliphatic rings. The zero-order valence-corrected chi connectivity index (χ0v) is 12.6. The van der Waals surface area contributed by atoms with E-state index in [0.29, 0.717) is 34.1 Å². The lowest BCUT2D eigenvalue weighted by atomic mass is 10.2.